The SMILES string of the molecule is CCCCCCc1cncc(-c2ccon2)c1. The smallest absolute Gasteiger partial charge is 0.124 e. The Morgan fingerprint density at radius 3 is 2.88 bits per heavy atom. The average molecular weight is 230 g/mol. The Bertz CT molecular complexity index is 437. The van der Waals surface area contributed by atoms with E-state index >= 15 is 0 Å². The van der Waals surface area contributed by atoms with Crippen molar-refractivity contribution in [3.63, 3.8) is 0 Å². The lowest BCUT2D eigenvalue weighted by atomic mass is 10.1. The number of hydrogen-bond acceptors (Lipinski definition) is 3. The fraction of sp³-hybridized carbons (Fsp3) is 0.429. The Labute approximate surface area is 102 Å². The number of unbranched alkanes of at least 4 members (excludes halogenated alkanes) is 3. The van der Waals surface area contributed by atoms with E-state index in [1.807, 2.05) is 18.5 Å². The molecule has 0 aliphatic carbocycles. The first kappa shape index (κ1) is 11.8. The molecule has 90 valence electrons. The molecule has 0 amide bonds. The largest absolute Gasteiger partial charge is 0.364 e. The minimum Gasteiger partial charge on any atom is -0.364 e. The second kappa shape index (κ2) is 6.18. The second-order valence-corrected chi connectivity index (χ2v) is 4.28. The minimum absolute atomic E-state index is 0.855. The molecule has 2 rings (SSSR count). The van der Waals surface area contributed by atoms with E-state index in [0.717, 1.165) is 17.7 Å². The Kier molecular flexibility index (Phi) is 4.30. The highest BCUT2D eigenvalue weighted by Crippen LogP contribution is 2.18. The van der Waals surface area contributed by atoms with Crippen LogP contribution in [0.5, 0.6) is 0 Å². The minimum atomic E-state index is 0.855. The van der Waals surface area contributed by atoms with Gasteiger partial charge >= 0.3 is 0 Å². The summed E-state index contributed by atoms with van der Waals surface area (Å²) >= 11 is 0. The summed E-state index contributed by atoms with van der Waals surface area (Å²) in [6, 6.07) is 4.01. The topological polar surface area (TPSA) is 38.9 Å². The molecule has 0 saturated heterocycles. The average Bonchev–Trinajstić information content (AvgIpc) is 2.89. The van der Waals surface area contributed by atoms with Gasteiger partial charge in [-0.15, -0.1) is 0 Å². The van der Waals surface area contributed by atoms with Crippen LogP contribution < -0.4 is 0 Å². The lowest BCUT2D eigenvalue weighted by Gasteiger charge is -2.02. The van der Waals surface area contributed by atoms with Gasteiger partial charge in [-0.05, 0) is 24.5 Å². The van der Waals surface area contributed by atoms with Crippen molar-refractivity contribution in [2.45, 2.75) is 39.0 Å². The maximum absolute atomic E-state index is 4.84. The molecule has 0 spiro atoms. The molecular formula is C14H18N2O. The second-order valence-electron chi connectivity index (χ2n) is 4.28. The van der Waals surface area contributed by atoms with Crippen LogP contribution in [0.25, 0.3) is 11.3 Å². The summed E-state index contributed by atoms with van der Waals surface area (Å²) in [6.45, 7) is 2.23. The molecule has 3 heteroatoms. The van der Waals surface area contributed by atoms with Crippen molar-refractivity contribution >= 4 is 0 Å². The van der Waals surface area contributed by atoms with E-state index in [9.17, 15) is 0 Å². The predicted octanol–water partition coefficient (Wildman–Crippen LogP) is 3.86. The van der Waals surface area contributed by atoms with E-state index in [-0.39, 0.29) is 0 Å². The fourth-order valence-corrected chi connectivity index (χ4v) is 1.88. The molecule has 17 heavy (non-hydrogen) atoms. The maximum Gasteiger partial charge on any atom is 0.124 e. The maximum atomic E-state index is 4.84. The van der Waals surface area contributed by atoms with Crippen LogP contribution in [-0.2, 0) is 6.42 Å². The van der Waals surface area contributed by atoms with Gasteiger partial charge in [-0.2, -0.15) is 0 Å². The number of hydrogen-bond donors (Lipinski definition) is 0. The van der Waals surface area contributed by atoms with Crippen LogP contribution in [0, 0.1) is 0 Å². The molecule has 0 aliphatic rings. The molecule has 0 unspecified atom stereocenters. The summed E-state index contributed by atoms with van der Waals surface area (Å²) in [5, 5.41) is 3.92. The lowest BCUT2D eigenvalue weighted by Crippen LogP contribution is -1.89. The third-order valence-corrected chi connectivity index (χ3v) is 2.85. The van der Waals surface area contributed by atoms with Gasteiger partial charge in [0.1, 0.15) is 12.0 Å². The Morgan fingerprint density at radius 1 is 1.18 bits per heavy atom. The molecule has 0 atom stereocenters. The van der Waals surface area contributed by atoms with Crippen molar-refractivity contribution in [3.8, 4) is 11.3 Å². The van der Waals surface area contributed by atoms with Gasteiger partial charge in [-0.1, -0.05) is 31.3 Å². The van der Waals surface area contributed by atoms with Crippen LogP contribution >= 0.6 is 0 Å². The van der Waals surface area contributed by atoms with Crippen molar-refractivity contribution < 1.29 is 4.52 Å². The first-order chi connectivity index (χ1) is 8.40. The van der Waals surface area contributed by atoms with Gasteiger partial charge in [0.15, 0.2) is 0 Å². The van der Waals surface area contributed by atoms with Gasteiger partial charge in [-0.3, -0.25) is 4.98 Å². The zero-order valence-electron chi connectivity index (χ0n) is 10.2. The van der Waals surface area contributed by atoms with Gasteiger partial charge in [0.2, 0.25) is 0 Å². The molecule has 2 aromatic heterocycles. The van der Waals surface area contributed by atoms with Crippen molar-refractivity contribution in [1.29, 1.82) is 0 Å². The zero-order chi connectivity index (χ0) is 11.9. The molecule has 0 bridgehead atoms. The zero-order valence-corrected chi connectivity index (χ0v) is 10.2. The summed E-state index contributed by atoms with van der Waals surface area (Å²) in [5.41, 5.74) is 3.17. The van der Waals surface area contributed by atoms with E-state index in [2.05, 4.69) is 23.1 Å². The molecule has 0 aromatic carbocycles. The summed E-state index contributed by atoms with van der Waals surface area (Å²) in [7, 11) is 0. The molecular weight excluding hydrogens is 212 g/mol. The van der Waals surface area contributed by atoms with Gasteiger partial charge in [0.05, 0.1) is 0 Å². The Balaban J connectivity index is 1.97. The highest BCUT2D eigenvalue weighted by Gasteiger charge is 2.02. The van der Waals surface area contributed by atoms with E-state index < -0.39 is 0 Å². The molecule has 2 heterocycles. The Hall–Kier alpha value is -1.64. The number of pyridine rings is 1. The first-order valence-corrected chi connectivity index (χ1v) is 6.25. The van der Waals surface area contributed by atoms with Crippen molar-refractivity contribution in [2.24, 2.45) is 0 Å². The quantitative estimate of drug-likeness (QED) is 0.707. The number of nitrogens with zero attached hydrogens (tertiary/aromatic N) is 2. The van der Waals surface area contributed by atoms with E-state index in [0.29, 0.717) is 0 Å². The number of aromatic nitrogens is 2. The van der Waals surface area contributed by atoms with Crippen LogP contribution in [-0.4, -0.2) is 10.1 Å². The summed E-state index contributed by atoms with van der Waals surface area (Å²) in [4.78, 5) is 4.26. The van der Waals surface area contributed by atoms with E-state index in [4.69, 9.17) is 4.52 Å². The van der Waals surface area contributed by atoms with Crippen LogP contribution in [0.15, 0.2) is 35.3 Å². The summed E-state index contributed by atoms with van der Waals surface area (Å²) in [6.07, 6.45) is 11.6. The summed E-state index contributed by atoms with van der Waals surface area (Å²) < 4.78 is 4.84. The van der Waals surface area contributed by atoms with Crippen LogP contribution in [0.3, 0.4) is 0 Å². The van der Waals surface area contributed by atoms with E-state index in [1.165, 1.54) is 31.2 Å². The van der Waals surface area contributed by atoms with Crippen molar-refractivity contribution in [2.75, 3.05) is 0 Å². The van der Waals surface area contributed by atoms with Crippen LogP contribution in [0.1, 0.15) is 38.2 Å². The highest BCUT2D eigenvalue weighted by molar-refractivity contribution is 5.57. The molecule has 3 nitrogen and oxygen atoms in total. The van der Waals surface area contributed by atoms with Gasteiger partial charge in [-0.25, -0.2) is 0 Å². The first-order valence-electron chi connectivity index (χ1n) is 6.25. The molecule has 0 saturated carbocycles. The molecule has 0 N–H and O–H groups in total. The number of aryl methyl sites for hydroxylation is 1. The molecule has 0 aliphatic heterocycles. The number of rotatable bonds is 6. The normalized spacial score (nSPS) is 10.6. The van der Waals surface area contributed by atoms with Gasteiger partial charge in [0, 0.05) is 24.0 Å². The fourth-order valence-electron chi connectivity index (χ4n) is 1.88. The Morgan fingerprint density at radius 2 is 2.12 bits per heavy atom. The molecule has 0 fully saturated rings. The molecule has 2 aromatic rings. The van der Waals surface area contributed by atoms with Crippen molar-refractivity contribution in [1.82, 2.24) is 10.1 Å². The molecule has 0 radical (unpaired) electrons. The van der Waals surface area contributed by atoms with Gasteiger partial charge < -0.3 is 4.52 Å². The van der Waals surface area contributed by atoms with E-state index in [1.54, 1.807) is 6.26 Å². The van der Waals surface area contributed by atoms with Gasteiger partial charge in [0.25, 0.3) is 0 Å². The lowest BCUT2D eigenvalue weighted by molar-refractivity contribution is 0.422. The standard InChI is InChI=1S/C14H18N2O/c1-2-3-4-5-6-12-9-13(11-15-10-12)14-7-8-17-16-14/h7-11H,2-6H2,1H3. The summed E-state index contributed by atoms with van der Waals surface area (Å²) in [5.74, 6) is 0. The van der Waals surface area contributed by atoms with Crippen LogP contribution in [0.2, 0.25) is 0 Å². The monoisotopic (exact) mass is 230 g/mol. The van der Waals surface area contributed by atoms with Crippen LogP contribution in [0.4, 0.5) is 0 Å². The third-order valence-electron chi connectivity index (χ3n) is 2.85. The third kappa shape index (κ3) is 3.41. The highest BCUT2D eigenvalue weighted by atomic mass is 16.5. The van der Waals surface area contributed by atoms with Crippen molar-refractivity contribution in [3.05, 3.63) is 36.4 Å². The predicted molar refractivity (Wildman–Crippen MR) is 67.6 cm³/mol.